The first-order chi connectivity index (χ1) is 9.40. The van der Waals surface area contributed by atoms with Gasteiger partial charge in [0, 0.05) is 6.04 Å². The van der Waals surface area contributed by atoms with Crippen molar-refractivity contribution < 1.29 is 9.59 Å². The molecule has 3 rings (SSSR count). The Kier molecular flexibility index (Phi) is 3.30. The minimum absolute atomic E-state index is 0.0184. The summed E-state index contributed by atoms with van der Waals surface area (Å²) in [4.78, 5) is 26.9. The Bertz CT molecular complexity index is 422. The lowest BCUT2D eigenvalue weighted by Gasteiger charge is -2.46. The van der Waals surface area contributed by atoms with Gasteiger partial charge in [-0.2, -0.15) is 0 Å². The molecular weight excluding hydrogens is 252 g/mol. The lowest BCUT2D eigenvalue weighted by atomic mass is 9.78. The molecule has 112 valence electrons. The van der Waals surface area contributed by atoms with Crippen LogP contribution in [0.4, 0.5) is 0 Å². The zero-order chi connectivity index (χ0) is 14.5. The highest BCUT2D eigenvalue weighted by Gasteiger charge is 2.53. The quantitative estimate of drug-likeness (QED) is 0.839. The van der Waals surface area contributed by atoms with Crippen molar-refractivity contribution >= 4 is 11.8 Å². The zero-order valence-corrected chi connectivity index (χ0v) is 12.8. The predicted molar refractivity (Wildman–Crippen MR) is 77.0 cm³/mol. The first kappa shape index (κ1) is 13.9. The van der Waals surface area contributed by atoms with E-state index in [4.69, 9.17) is 0 Å². The Labute approximate surface area is 121 Å². The van der Waals surface area contributed by atoms with Gasteiger partial charge in [0.15, 0.2) is 0 Å². The Morgan fingerprint density at radius 3 is 2.25 bits per heavy atom. The van der Waals surface area contributed by atoms with Crippen LogP contribution in [0.2, 0.25) is 0 Å². The summed E-state index contributed by atoms with van der Waals surface area (Å²) in [6, 6.07) is 0.255. The molecule has 20 heavy (non-hydrogen) atoms. The van der Waals surface area contributed by atoms with Gasteiger partial charge >= 0.3 is 0 Å². The molecule has 0 radical (unpaired) electrons. The number of rotatable bonds is 2. The fourth-order valence-electron chi connectivity index (χ4n) is 4.30. The fourth-order valence-corrected chi connectivity index (χ4v) is 4.30. The van der Waals surface area contributed by atoms with E-state index in [1.807, 2.05) is 11.8 Å². The van der Waals surface area contributed by atoms with Crippen molar-refractivity contribution in [1.29, 1.82) is 0 Å². The molecule has 4 heteroatoms. The number of hydrogen-bond acceptors (Lipinski definition) is 2. The monoisotopic (exact) mass is 278 g/mol. The second-order valence-corrected chi connectivity index (χ2v) is 7.53. The fraction of sp³-hybridized carbons (Fsp3) is 0.875. The van der Waals surface area contributed by atoms with Gasteiger partial charge in [-0.25, -0.2) is 0 Å². The van der Waals surface area contributed by atoms with Gasteiger partial charge < -0.3 is 10.2 Å². The second kappa shape index (κ2) is 4.74. The minimum atomic E-state index is -0.640. The van der Waals surface area contributed by atoms with Crippen LogP contribution < -0.4 is 5.32 Å². The molecule has 1 saturated heterocycles. The first-order valence-electron chi connectivity index (χ1n) is 8.02. The standard InChI is InChI=1S/C16H26N2O2/c1-10-6-11(2)8-13(7-10)18-9-14(19)17-16(3,15(18)20)12-4-5-12/h10-13H,4-9H2,1-3H3,(H,17,19). The van der Waals surface area contributed by atoms with Crippen molar-refractivity contribution in [1.82, 2.24) is 10.2 Å². The number of nitrogens with zero attached hydrogens (tertiary/aromatic N) is 1. The van der Waals surface area contributed by atoms with Crippen LogP contribution in [0, 0.1) is 17.8 Å². The van der Waals surface area contributed by atoms with Crippen molar-refractivity contribution in [3.63, 3.8) is 0 Å². The highest BCUT2D eigenvalue weighted by atomic mass is 16.2. The number of piperazine rings is 1. The average Bonchev–Trinajstić information content (AvgIpc) is 3.16. The Morgan fingerprint density at radius 2 is 1.70 bits per heavy atom. The SMILES string of the molecule is CC1CC(C)CC(N2CC(=O)NC(C)(C3CC3)C2=O)C1. The Morgan fingerprint density at radius 1 is 1.10 bits per heavy atom. The van der Waals surface area contributed by atoms with E-state index in [1.165, 1.54) is 6.42 Å². The Balaban J connectivity index is 1.81. The molecule has 4 nitrogen and oxygen atoms in total. The van der Waals surface area contributed by atoms with Gasteiger partial charge in [0.25, 0.3) is 0 Å². The molecule has 2 aliphatic carbocycles. The third-order valence-corrected chi connectivity index (χ3v) is 5.41. The van der Waals surface area contributed by atoms with Crippen LogP contribution >= 0.6 is 0 Å². The van der Waals surface area contributed by atoms with Gasteiger partial charge in [-0.3, -0.25) is 9.59 Å². The molecule has 1 N–H and O–H groups in total. The van der Waals surface area contributed by atoms with Crippen LogP contribution in [-0.2, 0) is 9.59 Å². The van der Waals surface area contributed by atoms with Crippen LogP contribution in [0.1, 0.15) is 52.9 Å². The molecule has 1 aliphatic heterocycles. The maximum atomic E-state index is 12.9. The van der Waals surface area contributed by atoms with Crippen LogP contribution in [-0.4, -0.2) is 34.8 Å². The van der Waals surface area contributed by atoms with Crippen LogP contribution in [0.25, 0.3) is 0 Å². The van der Waals surface area contributed by atoms with Gasteiger partial charge in [-0.1, -0.05) is 13.8 Å². The third-order valence-electron chi connectivity index (χ3n) is 5.41. The molecule has 0 spiro atoms. The molecular formula is C16H26N2O2. The van der Waals surface area contributed by atoms with Gasteiger partial charge in [0.2, 0.25) is 11.8 Å². The number of nitrogens with one attached hydrogen (secondary N) is 1. The zero-order valence-electron chi connectivity index (χ0n) is 12.8. The van der Waals surface area contributed by atoms with E-state index in [0.717, 1.165) is 25.7 Å². The lowest BCUT2D eigenvalue weighted by Crippen LogP contribution is -2.68. The molecule has 0 aromatic carbocycles. The molecule has 3 aliphatic rings. The maximum Gasteiger partial charge on any atom is 0.249 e. The van der Waals surface area contributed by atoms with Crippen molar-refractivity contribution in [2.24, 2.45) is 17.8 Å². The average molecular weight is 278 g/mol. The molecule has 1 heterocycles. The van der Waals surface area contributed by atoms with E-state index in [2.05, 4.69) is 19.2 Å². The van der Waals surface area contributed by atoms with Gasteiger partial charge in [-0.05, 0) is 56.8 Å². The number of amides is 2. The topological polar surface area (TPSA) is 49.4 Å². The number of carbonyl (C=O) groups excluding carboxylic acids is 2. The maximum absolute atomic E-state index is 12.9. The third kappa shape index (κ3) is 2.33. The summed E-state index contributed by atoms with van der Waals surface area (Å²) in [6.07, 6.45) is 5.46. The van der Waals surface area contributed by atoms with E-state index in [1.54, 1.807) is 0 Å². The summed E-state index contributed by atoms with van der Waals surface area (Å²) in [5, 5.41) is 2.97. The summed E-state index contributed by atoms with van der Waals surface area (Å²) < 4.78 is 0. The summed E-state index contributed by atoms with van der Waals surface area (Å²) in [6.45, 7) is 6.70. The van der Waals surface area contributed by atoms with E-state index >= 15 is 0 Å². The van der Waals surface area contributed by atoms with Gasteiger partial charge in [-0.15, -0.1) is 0 Å². The summed E-state index contributed by atoms with van der Waals surface area (Å²) >= 11 is 0. The number of hydrogen-bond donors (Lipinski definition) is 1. The first-order valence-corrected chi connectivity index (χ1v) is 8.02. The molecule has 3 atom stereocenters. The molecule has 0 aromatic rings. The van der Waals surface area contributed by atoms with E-state index in [-0.39, 0.29) is 24.4 Å². The molecule has 2 amide bonds. The van der Waals surface area contributed by atoms with Crippen LogP contribution in [0.15, 0.2) is 0 Å². The van der Waals surface area contributed by atoms with Crippen molar-refractivity contribution in [3.05, 3.63) is 0 Å². The highest BCUT2D eigenvalue weighted by molar-refractivity contribution is 5.98. The highest BCUT2D eigenvalue weighted by Crippen LogP contribution is 2.43. The van der Waals surface area contributed by atoms with Crippen molar-refractivity contribution in [3.8, 4) is 0 Å². The number of carbonyl (C=O) groups is 2. The van der Waals surface area contributed by atoms with Crippen molar-refractivity contribution in [2.45, 2.75) is 64.5 Å². The Hall–Kier alpha value is -1.06. The lowest BCUT2D eigenvalue weighted by molar-refractivity contribution is -0.154. The summed E-state index contributed by atoms with van der Waals surface area (Å²) in [5.41, 5.74) is -0.640. The van der Waals surface area contributed by atoms with Crippen LogP contribution in [0.3, 0.4) is 0 Å². The van der Waals surface area contributed by atoms with Gasteiger partial charge in [0.05, 0.1) is 6.54 Å². The van der Waals surface area contributed by atoms with Crippen molar-refractivity contribution in [2.75, 3.05) is 6.54 Å². The molecule has 3 fully saturated rings. The second-order valence-electron chi connectivity index (χ2n) is 7.53. The van der Waals surface area contributed by atoms with Crippen LogP contribution in [0.5, 0.6) is 0 Å². The van der Waals surface area contributed by atoms with E-state index in [0.29, 0.717) is 17.8 Å². The van der Waals surface area contributed by atoms with Gasteiger partial charge in [0.1, 0.15) is 5.54 Å². The van der Waals surface area contributed by atoms with E-state index < -0.39 is 5.54 Å². The predicted octanol–water partition coefficient (Wildman–Crippen LogP) is 1.94. The normalized spacial score (nSPS) is 42.5. The molecule has 0 bridgehead atoms. The molecule has 0 aromatic heterocycles. The minimum Gasteiger partial charge on any atom is -0.340 e. The smallest absolute Gasteiger partial charge is 0.249 e. The largest absolute Gasteiger partial charge is 0.340 e. The summed E-state index contributed by atoms with van der Waals surface area (Å²) in [7, 11) is 0. The summed E-state index contributed by atoms with van der Waals surface area (Å²) in [5.74, 6) is 1.82. The van der Waals surface area contributed by atoms with E-state index in [9.17, 15) is 9.59 Å². The molecule has 3 unspecified atom stereocenters. The molecule has 2 saturated carbocycles.